The van der Waals surface area contributed by atoms with Crippen molar-refractivity contribution in [1.82, 2.24) is 25.8 Å². The molecule has 240 valence electrons. The van der Waals surface area contributed by atoms with Crippen molar-refractivity contribution in [3.8, 4) is 0 Å². The molecule has 44 heavy (non-hydrogen) atoms. The summed E-state index contributed by atoms with van der Waals surface area (Å²) < 4.78 is 0. The molecule has 2 aliphatic heterocycles. The van der Waals surface area contributed by atoms with Crippen LogP contribution in [0.15, 0.2) is 30.3 Å². The molecule has 2 saturated heterocycles. The van der Waals surface area contributed by atoms with Gasteiger partial charge < -0.3 is 41.7 Å². The predicted molar refractivity (Wildman–Crippen MR) is 155 cm³/mol. The number of carboxylic acids is 2. The Bertz CT molecular complexity index is 1260. The summed E-state index contributed by atoms with van der Waals surface area (Å²) >= 11 is 0. The number of nitrogens with two attached hydrogens (primary N) is 1. The molecule has 0 radical (unpaired) electrons. The molecule has 0 bridgehead atoms. The zero-order chi connectivity index (χ0) is 32.6. The Morgan fingerprint density at radius 3 is 1.86 bits per heavy atom. The van der Waals surface area contributed by atoms with Gasteiger partial charge in [-0.15, -0.1) is 0 Å². The van der Waals surface area contributed by atoms with Gasteiger partial charge in [-0.25, -0.2) is 0 Å². The number of carbonyl (C=O) groups excluding carboxylic acids is 5. The first-order valence-corrected chi connectivity index (χ1v) is 14.6. The predicted octanol–water partition coefficient (Wildman–Crippen LogP) is -1.41. The van der Waals surface area contributed by atoms with Crippen LogP contribution in [0.1, 0.15) is 51.5 Å². The largest absolute Gasteiger partial charge is 0.481 e. The van der Waals surface area contributed by atoms with Crippen LogP contribution in [0.2, 0.25) is 0 Å². The van der Waals surface area contributed by atoms with Crippen LogP contribution in [0.4, 0.5) is 0 Å². The van der Waals surface area contributed by atoms with E-state index in [-0.39, 0.29) is 13.0 Å². The van der Waals surface area contributed by atoms with Crippen LogP contribution in [0, 0.1) is 0 Å². The second-order valence-corrected chi connectivity index (χ2v) is 11.1. The summed E-state index contributed by atoms with van der Waals surface area (Å²) in [6, 6.07) is 2.52. The summed E-state index contributed by atoms with van der Waals surface area (Å²) in [5, 5.41) is 25.7. The van der Waals surface area contributed by atoms with Crippen LogP contribution in [-0.2, 0) is 40.0 Å². The Labute approximate surface area is 254 Å². The highest BCUT2D eigenvalue weighted by atomic mass is 16.4. The molecule has 15 heteroatoms. The van der Waals surface area contributed by atoms with Crippen LogP contribution >= 0.6 is 0 Å². The molecule has 5 amide bonds. The summed E-state index contributed by atoms with van der Waals surface area (Å²) in [6.45, 7) is 3.06. The first-order valence-electron chi connectivity index (χ1n) is 14.6. The van der Waals surface area contributed by atoms with Gasteiger partial charge in [-0.1, -0.05) is 30.3 Å². The van der Waals surface area contributed by atoms with Crippen LogP contribution in [0.3, 0.4) is 0 Å². The maximum Gasteiger partial charge on any atom is 0.325 e. The van der Waals surface area contributed by atoms with Crippen LogP contribution in [0.25, 0.3) is 0 Å². The number of aliphatic carboxylic acids is 2. The van der Waals surface area contributed by atoms with E-state index in [9.17, 15) is 38.7 Å². The highest BCUT2D eigenvalue weighted by Gasteiger charge is 2.40. The average Bonchev–Trinajstić information content (AvgIpc) is 3.66. The third-order valence-corrected chi connectivity index (χ3v) is 7.77. The second-order valence-electron chi connectivity index (χ2n) is 11.1. The van der Waals surface area contributed by atoms with Crippen molar-refractivity contribution in [3.05, 3.63) is 35.9 Å². The lowest BCUT2D eigenvalue weighted by Crippen LogP contribution is -2.58. The van der Waals surface area contributed by atoms with Crippen molar-refractivity contribution in [2.24, 2.45) is 5.73 Å². The van der Waals surface area contributed by atoms with E-state index in [0.717, 1.165) is 10.5 Å². The monoisotopic (exact) mass is 616 g/mol. The fourth-order valence-corrected chi connectivity index (χ4v) is 5.39. The van der Waals surface area contributed by atoms with Gasteiger partial charge in [0.2, 0.25) is 29.5 Å². The molecule has 0 aliphatic carbocycles. The van der Waals surface area contributed by atoms with Gasteiger partial charge in [0, 0.05) is 13.1 Å². The van der Waals surface area contributed by atoms with Gasteiger partial charge >= 0.3 is 11.9 Å². The minimum atomic E-state index is -1.55. The molecule has 2 heterocycles. The standard InChI is InChI=1S/C29H40N6O9/c1-16(31-25(39)21-10-6-12-34(21)27(41)19(30)14-18-8-4-3-5-9-18)24(38)33-20(15-23(36)37)28(42)35-13-7-11-22(35)26(40)32-17(2)29(43)44/h3-5,8-9,16-17,19-22H,6-7,10-15,30H2,1-2H3,(H,31,39)(H,32,40)(H,33,38)(H,36,37)(H,43,44)/t16-,17-,19-,20-,21-,22-/m0/s1. The lowest BCUT2D eigenvalue weighted by atomic mass is 10.0. The molecule has 0 unspecified atom stereocenters. The molecule has 6 atom stereocenters. The number of nitrogens with zero attached hydrogens (tertiary/aromatic N) is 2. The van der Waals surface area contributed by atoms with E-state index in [0.29, 0.717) is 32.2 Å². The van der Waals surface area contributed by atoms with Crippen LogP contribution in [-0.4, -0.2) is 111 Å². The number of hydrogen-bond donors (Lipinski definition) is 6. The van der Waals surface area contributed by atoms with Gasteiger partial charge in [-0.05, 0) is 51.5 Å². The molecular weight excluding hydrogens is 576 g/mol. The summed E-state index contributed by atoms with van der Waals surface area (Å²) in [7, 11) is 0. The van der Waals surface area contributed by atoms with Gasteiger partial charge in [-0.3, -0.25) is 33.6 Å². The molecule has 0 spiro atoms. The number of rotatable bonds is 13. The summed E-state index contributed by atoms with van der Waals surface area (Å²) in [5.74, 6) is -5.98. The Hall–Kier alpha value is -4.53. The third-order valence-electron chi connectivity index (χ3n) is 7.77. The lowest BCUT2D eigenvalue weighted by Gasteiger charge is -2.30. The second kappa shape index (κ2) is 15.3. The van der Waals surface area contributed by atoms with E-state index in [1.54, 1.807) is 0 Å². The smallest absolute Gasteiger partial charge is 0.325 e. The van der Waals surface area contributed by atoms with Gasteiger partial charge in [0.1, 0.15) is 30.2 Å². The summed E-state index contributed by atoms with van der Waals surface area (Å²) in [5.41, 5.74) is 7.03. The molecule has 1 aromatic carbocycles. The number of carbonyl (C=O) groups is 7. The quantitative estimate of drug-likeness (QED) is 0.152. The van der Waals surface area contributed by atoms with Gasteiger partial charge in [-0.2, -0.15) is 0 Å². The Morgan fingerprint density at radius 1 is 0.818 bits per heavy atom. The summed E-state index contributed by atoms with van der Waals surface area (Å²) in [4.78, 5) is 90.4. The van der Waals surface area contributed by atoms with Crippen molar-refractivity contribution < 1.29 is 43.8 Å². The number of amides is 5. The van der Waals surface area contributed by atoms with Gasteiger partial charge in [0.15, 0.2) is 0 Å². The SMILES string of the molecule is C[C@H](NC(=O)[C@@H]1CCCN1C(=O)[C@H](CC(=O)O)NC(=O)[C@H](C)NC(=O)[C@@H]1CCCN1C(=O)[C@@H](N)Cc1ccccc1)C(=O)O. The normalized spacial score (nSPS) is 20.6. The minimum Gasteiger partial charge on any atom is -0.481 e. The van der Waals surface area contributed by atoms with Crippen molar-refractivity contribution in [3.63, 3.8) is 0 Å². The Kier molecular flexibility index (Phi) is 11.8. The van der Waals surface area contributed by atoms with E-state index in [4.69, 9.17) is 10.8 Å². The Balaban J connectivity index is 1.62. The average molecular weight is 617 g/mol. The first kappa shape index (κ1) is 34.0. The molecule has 3 rings (SSSR count). The molecule has 0 saturated carbocycles. The third kappa shape index (κ3) is 8.75. The van der Waals surface area contributed by atoms with E-state index >= 15 is 0 Å². The molecular formula is C29H40N6O9. The topological polar surface area (TPSA) is 229 Å². The maximum absolute atomic E-state index is 13.3. The number of carboxylic acid groups (broad SMARTS) is 2. The van der Waals surface area contributed by atoms with Gasteiger partial charge in [0.05, 0.1) is 12.5 Å². The zero-order valence-corrected chi connectivity index (χ0v) is 24.7. The van der Waals surface area contributed by atoms with Gasteiger partial charge in [0.25, 0.3) is 0 Å². The first-order chi connectivity index (χ1) is 20.8. The van der Waals surface area contributed by atoms with Crippen molar-refractivity contribution in [2.75, 3.05) is 13.1 Å². The summed E-state index contributed by atoms with van der Waals surface area (Å²) in [6.07, 6.45) is 1.08. The zero-order valence-electron chi connectivity index (χ0n) is 24.7. The number of likely N-dealkylation sites (tertiary alicyclic amines) is 2. The fraction of sp³-hybridized carbons (Fsp3) is 0.552. The molecule has 7 N–H and O–H groups in total. The minimum absolute atomic E-state index is 0.106. The maximum atomic E-state index is 13.3. The molecule has 15 nitrogen and oxygen atoms in total. The number of hydrogen-bond acceptors (Lipinski definition) is 8. The highest BCUT2D eigenvalue weighted by molar-refractivity contribution is 5.97. The van der Waals surface area contributed by atoms with E-state index < -0.39 is 84.1 Å². The molecule has 2 aliphatic rings. The number of nitrogens with one attached hydrogen (secondary N) is 3. The Morgan fingerprint density at radius 2 is 1.34 bits per heavy atom. The molecule has 1 aromatic rings. The van der Waals surface area contributed by atoms with E-state index in [1.807, 2.05) is 30.3 Å². The van der Waals surface area contributed by atoms with Crippen molar-refractivity contribution in [1.29, 1.82) is 0 Å². The van der Waals surface area contributed by atoms with E-state index in [1.165, 1.54) is 18.7 Å². The molecule has 0 aromatic heterocycles. The number of benzene rings is 1. The van der Waals surface area contributed by atoms with Crippen LogP contribution in [0.5, 0.6) is 0 Å². The van der Waals surface area contributed by atoms with Crippen molar-refractivity contribution >= 4 is 41.5 Å². The lowest BCUT2D eigenvalue weighted by molar-refractivity contribution is -0.147. The van der Waals surface area contributed by atoms with Crippen LogP contribution < -0.4 is 21.7 Å². The van der Waals surface area contributed by atoms with Crippen molar-refractivity contribution in [2.45, 2.75) is 88.6 Å². The highest BCUT2D eigenvalue weighted by Crippen LogP contribution is 2.21. The van der Waals surface area contributed by atoms with E-state index in [2.05, 4.69) is 16.0 Å². The fourth-order valence-electron chi connectivity index (χ4n) is 5.39. The molecule has 2 fully saturated rings.